The molecule has 7 nitrogen and oxygen atoms in total. The van der Waals surface area contributed by atoms with E-state index in [-0.39, 0.29) is 11.5 Å². The molecule has 98 valence electrons. The maximum atomic E-state index is 11.9. The maximum absolute atomic E-state index is 11.9. The van der Waals surface area contributed by atoms with Crippen LogP contribution in [-0.2, 0) is 19.5 Å². The first-order valence-electron chi connectivity index (χ1n) is 6.06. The summed E-state index contributed by atoms with van der Waals surface area (Å²) in [5.41, 5.74) is 7.95. The fourth-order valence-electron chi connectivity index (χ4n) is 2.30. The smallest absolute Gasteiger partial charge is 0.257 e. The number of aromatic nitrogens is 4. The minimum absolute atomic E-state index is 0.142. The second-order valence-corrected chi connectivity index (χ2v) is 4.58. The monoisotopic (exact) mass is 258 g/mol. The summed E-state index contributed by atoms with van der Waals surface area (Å²) in [4.78, 5) is 28.7. The Bertz CT molecular complexity index is 638. The standard InChI is InChI=1S/C12H14N6O/c13-12-16-10-1-2-18(6-9(10)11(19)17-12)5-8-3-14-7-15-4-8/h3-4,7H,1-2,5-6H2,(H3,13,16,17,19). The van der Waals surface area contributed by atoms with Gasteiger partial charge in [-0.15, -0.1) is 0 Å². The van der Waals surface area contributed by atoms with E-state index in [4.69, 9.17) is 5.73 Å². The van der Waals surface area contributed by atoms with Gasteiger partial charge in [0.2, 0.25) is 5.95 Å². The molecule has 0 saturated heterocycles. The van der Waals surface area contributed by atoms with Crippen LogP contribution in [0, 0.1) is 0 Å². The van der Waals surface area contributed by atoms with Crippen molar-refractivity contribution in [3.8, 4) is 0 Å². The van der Waals surface area contributed by atoms with E-state index in [0.717, 1.165) is 30.8 Å². The van der Waals surface area contributed by atoms with Crippen molar-refractivity contribution in [3.63, 3.8) is 0 Å². The first-order chi connectivity index (χ1) is 9.22. The summed E-state index contributed by atoms with van der Waals surface area (Å²) in [6, 6.07) is 0. The lowest BCUT2D eigenvalue weighted by molar-refractivity contribution is 0.241. The number of H-pyrrole nitrogens is 1. The van der Waals surface area contributed by atoms with Crippen LogP contribution in [0.4, 0.5) is 5.95 Å². The first-order valence-corrected chi connectivity index (χ1v) is 6.06. The fraction of sp³-hybridized carbons (Fsp3) is 0.333. The Morgan fingerprint density at radius 1 is 1.37 bits per heavy atom. The summed E-state index contributed by atoms with van der Waals surface area (Å²) in [6.45, 7) is 2.15. The van der Waals surface area contributed by atoms with Crippen LogP contribution in [-0.4, -0.2) is 31.4 Å². The van der Waals surface area contributed by atoms with E-state index in [1.807, 2.05) is 0 Å². The average molecular weight is 258 g/mol. The largest absolute Gasteiger partial charge is 0.369 e. The summed E-state index contributed by atoms with van der Waals surface area (Å²) < 4.78 is 0. The number of rotatable bonds is 2. The van der Waals surface area contributed by atoms with Crippen molar-refractivity contribution in [2.45, 2.75) is 19.5 Å². The Kier molecular flexibility index (Phi) is 2.96. The summed E-state index contributed by atoms with van der Waals surface area (Å²) in [5.74, 6) is 0.189. The number of hydrogen-bond acceptors (Lipinski definition) is 6. The van der Waals surface area contributed by atoms with Crippen LogP contribution in [0.3, 0.4) is 0 Å². The van der Waals surface area contributed by atoms with Gasteiger partial charge in [0.1, 0.15) is 6.33 Å². The second kappa shape index (κ2) is 4.77. The highest BCUT2D eigenvalue weighted by molar-refractivity contribution is 5.27. The highest BCUT2D eigenvalue weighted by Crippen LogP contribution is 2.15. The van der Waals surface area contributed by atoms with E-state index >= 15 is 0 Å². The lowest BCUT2D eigenvalue weighted by Crippen LogP contribution is -2.35. The van der Waals surface area contributed by atoms with Gasteiger partial charge in [-0.3, -0.25) is 14.7 Å². The van der Waals surface area contributed by atoms with Crippen molar-refractivity contribution in [1.82, 2.24) is 24.8 Å². The van der Waals surface area contributed by atoms with E-state index in [9.17, 15) is 4.79 Å². The van der Waals surface area contributed by atoms with Crippen molar-refractivity contribution in [3.05, 3.63) is 45.9 Å². The number of nitrogens with one attached hydrogen (secondary N) is 1. The predicted octanol–water partition coefficient (Wildman–Crippen LogP) is -0.300. The molecule has 1 aliphatic heterocycles. The maximum Gasteiger partial charge on any atom is 0.257 e. The fourth-order valence-corrected chi connectivity index (χ4v) is 2.30. The zero-order chi connectivity index (χ0) is 13.2. The Balaban J connectivity index is 1.81. The van der Waals surface area contributed by atoms with Crippen molar-refractivity contribution >= 4 is 5.95 Å². The lowest BCUT2D eigenvalue weighted by atomic mass is 10.1. The third-order valence-corrected chi connectivity index (χ3v) is 3.19. The van der Waals surface area contributed by atoms with Crippen LogP contribution in [0.25, 0.3) is 0 Å². The van der Waals surface area contributed by atoms with Gasteiger partial charge in [-0.2, -0.15) is 0 Å². The molecule has 2 aromatic heterocycles. The molecule has 0 aromatic carbocycles. The molecule has 0 bridgehead atoms. The van der Waals surface area contributed by atoms with Crippen molar-refractivity contribution < 1.29 is 0 Å². The highest BCUT2D eigenvalue weighted by Gasteiger charge is 2.20. The predicted molar refractivity (Wildman–Crippen MR) is 69.1 cm³/mol. The Morgan fingerprint density at radius 2 is 2.16 bits per heavy atom. The Morgan fingerprint density at radius 3 is 2.95 bits per heavy atom. The molecule has 0 radical (unpaired) electrons. The van der Waals surface area contributed by atoms with Gasteiger partial charge < -0.3 is 5.73 Å². The van der Waals surface area contributed by atoms with Gasteiger partial charge in [0, 0.05) is 44.0 Å². The minimum Gasteiger partial charge on any atom is -0.369 e. The van der Waals surface area contributed by atoms with Crippen molar-refractivity contribution in [2.75, 3.05) is 12.3 Å². The van der Waals surface area contributed by atoms with Gasteiger partial charge in [-0.05, 0) is 0 Å². The van der Waals surface area contributed by atoms with E-state index in [2.05, 4.69) is 24.8 Å². The number of anilines is 1. The summed E-state index contributed by atoms with van der Waals surface area (Å²) >= 11 is 0. The molecule has 0 saturated carbocycles. The average Bonchev–Trinajstić information content (AvgIpc) is 2.40. The topological polar surface area (TPSA) is 101 Å². The normalized spacial score (nSPS) is 15.2. The molecule has 1 aliphatic rings. The zero-order valence-corrected chi connectivity index (χ0v) is 10.3. The molecule has 3 rings (SSSR count). The van der Waals surface area contributed by atoms with Crippen LogP contribution in [0.2, 0.25) is 0 Å². The molecule has 2 aromatic rings. The number of nitrogens with zero attached hydrogens (tertiary/aromatic N) is 4. The molecule has 0 amide bonds. The van der Waals surface area contributed by atoms with Crippen LogP contribution < -0.4 is 11.3 Å². The molecule has 0 atom stereocenters. The van der Waals surface area contributed by atoms with Crippen molar-refractivity contribution in [2.24, 2.45) is 0 Å². The van der Waals surface area contributed by atoms with Crippen LogP contribution >= 0.6 is 0 Å². The van der Waals surface area contributed by atoms with E-state index in [1.54, 1.807) is 12.4 Å². The number of aromatic amines is 1. The number of hydrogen-bond donors (Lipinski definition) is 2. The number of nitrogens with two attached hydrogens (primary N) is 1. The SMILES string of the molecule is Nc1nc2c(c(=O)[nH]1)CN(Cc1cncnc1)CC2. The summed E-state index contributed by atoms with van der Waals surface area (Å²) in [6.07, 6.45) is 5.81. The van der Waals surface area contributed by atoms with Gasteiger partial charge in [0.15, 0.2) is 0 Å². The Hall–Kier alpha value is -2.28. The van der Waals surface area contributed by atoms with Crippen molar-refractivity contribution in [1.29, 1.82) is 0 Å². The third kappa shape index (κ3) is 2.45. The molecular formula is C12H14N6O. The van der Waals surface area contributed by atoms with E-state index in [0.29, 0.717) is 12.1 Å². The Labute approximate surface area is 109 Å². The molecule has 0 aliphatic carbocycles. The molecule has 0 unspecified atom stereocenters. The number of nitrogen functional groups attached to an aromatic ring is 1. The number of fused-ring (bicyclic) bond motifs is 1. The molecule has 3 N–H and O–H groups in total. The van der Waals surface area contributed by atoms with E-state index in [1.165, 1.54) is 6.33 Å². The van der Waals surface area contributed by atoms with Gasteiger partial charge in [0.25, 0.3) is 5.56 Å². The summed E-state index contributed by atoms with van der Waals surface area (Å²) in [5, 5.41) is 0. The molecular weight excluding hydrogens is 244 g/mol. The summed E-state index contributed by atoms with van der Waals surface area (Å²) in [7, 11) is 0. The molecule has 0 spiro atoms. The first kappa shape index (κ1) is 11.8. The second-order valence-electron chi connectivity index (χ2n) is 4.58. The van der Waals surface area contributed by atoms with Crippen LogP contribution in [0.1, 0.15) is 16.8 Å². The minimum atomic E-state index is -0.142. The van der Waals surface area contributed by atoms with Gasteiger partial charge in [-0.25, -0.2) is 15.0 Å². The highest BCUT2D eigenvalue weighted by atomic mass is 16.1. The van der Waals surface area contributed by atoms with Crippen LogP contribution in [0.15, 0.2) is 23.5 Å². The van der Waals surface area contributed by atoms with Gasteiger partial charge in [-0.1, -0.05) is 0 Å². The lowest BCUT2D eigenvalue weighted by Gasteiger charge is -2.27. The molecule has 0 fully saturated rings. The van der Waals surface area contributed by atoms with E-state index < -0.39 is 0 Å². The third-order valence-electron chi connectivity index (χ3n) is 3.19. The quantitative estimate of drug-likeness (QED) is 0.767. The molecule has 19 heavy (non-hydrogen) atoms. The van der Waals surface area contributed by atoms with Crippen LogP contribution in [0.5, 0.6) is 0 Å². The van der Waals surface area contributed by atoms with Gasteiger partial charge >= 0.3 is 0 Å². The molecule has 3 heterocycles. The van der Waals surface area contributed by atoms with Gasteiger partial charge in [0.05, 0.1) is 11.3 Å². The zero-order valence-electron chi connectivity index (χ0n) is 10.3. The molecule has 7 heteroatoms.